The number of piperidine rings is 1. The second kappa shape index (κ2) is 11.3. The number of amides is 1. The standard InChI is InChI=1S/C26H31F6N3O2/c1-17(2)13-24(6-8-33-9-7-24)23(36)35(15-18-4-5-22(37-3)34-14-18)16-19-10-20(25(27,28)29)12-21(11-19)26(30,31)32/h4-5,10-12,14,17,33H,6-9,13,15-16H2,1-3H3. The molecule has 1 aliphatic rings. The van der Waals surface area contributed by atoms with Gasteiger partial charge in [-0.05, 0) is 67.6 Å². The van der Waals surface area contributed by atoms with E-state index >= 15 is 0 Å². The van der Waals surface area contributed by atoms with Crippen molar-refractivity contribution < 1.29 is 35.9 Å². The van der Waals surface area contributed by atoms with E-state index in [9.17, 15) is 31.1 Å². The Labute approximate surface area is 212 Å². The third-order valence-electron chi connectivity index (χ3n) is 6.50. The summed E-state index contributed by atoms with van der Waals surface area (Å²) in [6.45, 7) is 4.72. The van der Waals surface area contributed by atoms with Gasteiger partial charge in [0.25, 0.3) is 0 Å². The van der Waals surface area contributed by atoms with Crippen molar-refractivity contribution in [3.05, 3.63) is 58.8 Å². The van der Waals surface area contributed by atoms with Crippen LogP contribution in [0.2, 0.25) is 0 Å². The number of carbonyl (C=O) groups is 1. The number of hydrogen-bond donors (Lipinski definition) is 1. The molecule has 0 unspecified atom stereocenters. The summed E-state index contributed by atoms with van der Waals surface area (Å²) < 4.78 is 85.9. The van der Waals surface area contributed by atoms with Crippen molar-refractivity contribution >= 4 is 5.91 Å². The lowest BCUT2D eigenvalue weighted by molar-refractivity contribution is -0.146. The van der Waals surface area contributed by atoms with Crippen LogP contribution in [0.4, 0.5) is 26.3 Å². The number of alkyl halides is 6. The molecule has 204 valence electrons. The largest absolute Gasteiger partial charge is 0.481 e. The highest BCUT2D eigenvalue weighted by Gasteiger charge is 2.43. The van der Waals surface area contributed by atoms with E-state index in [1.165, 1.54) is 18.2 Å². The highest BCUT2D eigenvalue weighted by atomic mass is 19.4. The van der Waals surface area contributed by atoms with Crippen molar-refractivity contribution in [2.45, 2.75) is 58.6 Å². The molecule has 3 rings (SSSR count). The average Bonchev–Trinajstić information content (AvgIpc) is 2.82. The molecule has 1 aromatic heterocycles. The quantitative estimate of drug-likeness (QED) is 0.420. The van der Waals surface area contributed by atoms with Crippen molar-refractivity contribution in [1.29, 1.82) is 0 Å². The van der Waals surface area contributed by atoms with Gasteiger partial charge in [0.1, 0.15) is 0 Å². The molecule has 0 saturated carbocycles. The predicted molar refractivity (Wildman–Crippen MR) is 125 cm³/mol. The normalized spacial score (nSPS) is 16.1. The lowest BCUT2D eigenvalue weighted by Crippen LogP contribution is -2.49. The molecule has 0 radical (unpaired) electrons. The minimum Gasteiger partial charge on any atom is -0.481 e. The molecule has 1 amide bonds. The fourth-order valence-corrected chi connectivity index (χ4v) is 4.90. The fraction of sp³-hybridized carbons (Fsp3) is 0.538. The number of carbonyl (C=O) groups excluding carboxylic acids is 1. The van der Waals surface area contributed by atoms with Crippen molar-refractivity contribution in [2.24, 2.45) is 11.3 Å². The summed E-state index contributed by atoms with van der Waals surface area (Å²) in [7, 11) is 1.44. The van der Waals surface area contributed by atoms with Crippen LogP contribution in [-0.2, 0) is 30.2 Å². The zero-order chi connectivity index (χ0) is 27.4. The molecule has 1 aromatic carbocycles. The first-order valence-corrected chi connectivity index (χ1v) is 12.0. The Morgan fingerprint density at radius 2 is 1.57 bits per heavy atom. The number of methoxy groups -OCH3 is 1. The maximum atomic E-state index is 14.1. The lowest BCUT2D eigenvalue weighted by Gasteiger charge is -2.41. The number of nitrogens with zero attached hydrogens (tertiary/aromatic N) is 2. The smallest absolute Gasteiger partial charge is 0.416 e. The molecule has 1 aliphatic heterocycles. The summed E-state index contributed by atoms with van der Waals surface area (Å²) in [4.78, 5) is 19.5. The summed E-state index contributed by atoms with van der Waals surface area (Å²) in [5.74, 6) is 0.213. The Hall–Kier alpha value is -2.82. The maximum absolute atomic E-state index is 14.1. The van der Waals surface area contributed by atoms with Crippen LogP contribution in [-0.4, -0.2) is 36.0 Å². The van der Waals surface area contributed by atoms with Crippen LogP contribution < -0.4 is 10.1 Å². The van der Waals surface area contributed by atoms with Crippen molar-refractivity contribution in [3.8, 4) is 5.88 Å². The van der Waals surface area contributed by atoms with Gasteiger partial charge in [0, 0.05) is 25.4 Å². The van der Waals surface area contributed by atoms with Gasteiger partial charge in [0.2, 0.25) is 11.8 Å². The monoisotopic (exact) mass is 531 g/mol. The summed E-state index contributed by atoms with van der Waals surface area (Å²) >= 11 is 0. The Morgan fingerprint density at radius 1 is 1.00 bits per heavy atom. The Morgan fingerprint density at radius 3 is 2.03 bits per heavy atom. The number of halogens is 6. The predicted octanol–water partition coefficient (Wildman–Crippen LogP) is 6.07. The molecule has 1 N–H and O–H groups in total. The Bertz CT molecular complexity index is 1030. The first-order chi connectivity index (χ1) is 17.2. The molecule has 2 aromatic rings. The molecule has 0 spiro atoms. The SMILES string of the molecule is COc1ccc(CN(Cc2cc(C(F)(F)F)cc(C(F)(F)F)c2)C(=O)C2(CC(C)C)CCNCC2)cn1. The second-order valence-corrected chi connectivity index (χ2v) is 9.91. The minimum absolute atomic E-state index is 0.0271. The Balaban J connectivity index is 2.05. The number of benzene rings is 1. The van der Waals surface area contributed by atoms with Crippen LogP contribution >= 0.6 is 0 Å². The van der Waals surface area contributed by atoms with E-state index in [0.717, 1.165) is 0 Å². The van der Waals surface area contributed by atoms with Crippen LogP contribution in [0.5, 0.6) is 5.88 Å². The van der Waals surface area contributed by atoms with E-state index in [1.807, 2.05) is 13.8 Å². The van der Waals surface area contributed by atoms with Gasteiger partial charge in [-0.3, -0.25) is 4.79 Å². The fourth-order valence-electron chi connectivity index (χ4n) is 4.90. The van der Waals surface area contributed by atoms with Crippen molar-refractivity contribution in [1.82, 2.24) is 15.2 Å². The molecule has 5 nitrogen and oxygen atoms in total. The summed E-state index contributed by atoms with van der Waals surface area (Å²) in [6, 6.07) is 4.70. The van der Waals surface area contributed by atoms with E-state index in [4.69, 9.17) is 4.74 Å². The number of rotatable bonds is 8. The van der Waals surface area contributed by atoms with Gasteiger partial charge in [0.05, 0.1) is 23.7 Å². The molecule has 11 heteroatoms. The average molecular weight is 532 g/mol. The third-order valence-corrected chi connectivity index (χ3v) is 6.50. The molecule has 0 aliphatic carbocycles. The van der Waals surface area contributed by atoms with Gasteiger partial charge in [-0.15, -0.1) is 0 Å². The first-order valence-electron chi connectivity index (χ1n) is 12.0. The lowest BCUT2D eigenvalue weighted by atomic mass is 9.72. The number of ether oxygens (including phenoxy) is 1. The van der Waals surface area contributed by atoms with Crippen LogP contribution in [0.25, 0.3) is 0 Å². The number of nitrogens with one attached hydrogen (secondary N) is 1. The second-order valence-electron chi connectivity index (χ2n) is 9.91. The Kier molecular flexibility index (Phi) is 8.77. The third kappa shape index (κ3) is 7.37. The van der Waals surface area contributed by atoms with E-state index < -0.39 is 35.4 Å². The summed E-state index contributed by atoms with van der Waals surface area (Å²) in [5, 5.41) is 3.22. The molecular formula is C26H31F6N3O2. The van der Waals surface area contributed by atoms with Gasteiger partial charge in [-0.1, -0.05) is 19.9 Å². The first kappa shape index (κ1) is 28.7. The molecule has 2 heterocycles. The zero-order valence-corrected chi connectivity index (χ0v) is 21.0. The van der Waals surface area contributed by atoms with E-state index in [1.54, 1.807) is 12.1 Å². The van der Waals surface area contributed by atoms with E-state index in [0.29, 0.717) is 55.9 Å². The van der Waals surface area contributed by atoms with E-state index in [2.05, 4.69) is 10.3 Å². The molecule has 1 fully saturated rings. The molecule has 0 atom stereocenters. The van der Waals surface area contributed by atoms with Crippen molar-refractivity contribution in [2.75, 3.05) is 20.2 Å². The van der Waals surface area contributed by atoms with Crippen molar-refractivity contribution in [3.63, 3.8) is 0 Å². The molecule has 0 bridgehead atoms. The van der Waals surface area contributed by atoms with E-state index in [-0.39, 0.29) is 30.0 Å². The number of hydrogen-bond acceptors (Lipinski definition) is 4. The van der Waals surface area contributed by atoms with Gasteiger partial charge in [-0.2, -0.15) is 26.3 Å². The van der Waals surface area contributed by atoms with Gasteiger partial charge in [0.15, 0.2) is 0 Å². The van der Waals surface area contributed by atoms with Gasteiger partial charge < -0.3 is 15.0 Å². The van der Waals surface area contributed by atoms with Gasteiger partial charge in [-0.25, -0.2) is 4.98 Å². The summed E-state index contributed by atoms with van der Waals surface area (Å²) in [5.41, 5.74) is -3.26. The maximum Gasteiger partial charge on any atom is 0.416 e. The summed E-state index contributed by atoms with van der Waals surface area (Å²) in [6.07, 6.45) is -6.86. The minimum atomic E-state index is -4.97. The topological polar surface area (TPSA) is 54.5 Å². The molecule has 1 saturated heterocycles. The molecule has 37 heavy (non-hydrogen) atoms. The highest BCUT2D eigenvalue weighted by Crippen LogP contribution is 2.40. The zero-order valence-electron chi connectivity index (χ0n) is 21.0. The molecular weight excluding hydrogens is 500 g/mol. The van der Waals surface area contributed by atoms with Crippen LogP contribution in [0, 0.1) is 11.3 Å². The van der Waals surface area contributed by atoms with Crippen LogP contribution in [0.1, 0.15) is 55.4 Å². The number of pyridine rings is 1. The number of aromatic nitrogens is 1. The van der Waals surface area contributed by atoms with Gasteiger partial charge >= 0.3 is 12.4 Å². The highest BCUT2D eigenvalue weighted by molar-refractivity contribution is 5.83. The van der Waals surface area contributed by atoms with Crippen LogP contribution in [0.15, 0.2) is 36.5 Å². The van der Waals surface area contributed by atoms with Crippen LogP contribution in [0.3, 0.4) is 0 Å².